The molecule has 1 unspecified atom stereocenters. The fourth-order valence-electron chi connectivity index (χ4n) is 4.38. The van der Waals surface area contributed by atoms with Gasteiger partial charge in [0.2, 0.25) is 0 Å². The second-order valence-electron chi connectivity index (χ2n) is 8.05. The van der Waals surface area contributed by atoms with E-state index in [1.165, 1.54) is 42.5 Å². The highest BCUT2D eigenvalue weighted by atomic mass is 16.5. The summed E-state index contributed by atoms with van der Waals surface area (Å²) in [5.74, 6) is 0. The largest absolute Gasteiger partial charge is 0.378 e. The third-order valence-corrected chi connectivity index (χ3v) is 6.05. The first-order valence-electron chi connectivity index (χ1n) is 10.9. The van der Waals surface area contributed by atoms with Gasteiger partial charge in [0.25, 0.3) is 0 Å². The van der Waals surface area contributed by atoms with Crippen molar-refractivity contribution in [2.45, 2.75) is 51.0 Å². The summed E-state index contributed by atoms with van der Waals surface area (Å²) >= 11 is 0. The van der Waals surface area contributed by atoms with Crippen molar-refractivity contribution >= 4 is 5.69 Å². The summed E-state index contributed by atoms with van der Waals surface area (Å²) in [5, 5.41) is 3.76. The van der Waals surface area contributed by atoms with Crippen LogP contribution >= 0.6 is 0 Å². The molecule has 0 spiro atoms. The molecule has 2 aromatic carbocycles. The second-order valence-corrected chi connectivity index (χ2v) is 8.05. The molecule has 1 aliphatic rings. The Hall–Kier alpha value is -1.84. The number of hydrogen-bond donors (Lipinski definition) is 1. The van der Waals surface area contributed by atoms with Crippen LogP contribution in [0.25, 0.3) is 0 Å². The van der Waals surface area contributed by atoms with Crippen LogP contribution in [0.15, 0.2) is 54.6 Å². The topological polar surface area (TPSA) is 24.5 Å². The van der Waals surface area contributed by atoms with Crippen LogP contribution in [-0.4, -0.2) is 38.9 Å². The van der Waals surface area contributed by atoms with Gasteiger partial charge < -0.3 is 15.0 Å². The maximum absolute atomic E-state index is 5.57. The molecule has 0 bridgehead atoms. The van der Waals surface area contributed by atoms with Crippen LogP contribution in [0.1, 0.15) is 43.7 Å². The van der Waals surface area contributed by atoms with E-state index in [1.54, 1.807) is 0 Å². The van der Waals surface area contributed by atoms with E-state index in [4.69, 9.17) is 4.74 Å². The van der Waals surface area contributed by atoms with E-state index in [-0.39, 0.29) is 5.54 Å². The Morgan fingerprint density at radius 2 is 1.64 bits per heavy atom. The standard InChI is InChI=1S/C25H36N2O/c1-3-4-10-15-25(26-2,20-22-11-6-5-7-12-22)21-23-13-8-9-14-24(23)27-16-18-28-19-17-27/h5-9,11-14,26H,3-4,10,15-21H2,1-2H3. The first kappa shape index (κ1) is 20.9. The van der Waals surface area contributed by atoms with Gasteiger partial charge in [-0.1, -0.05) is 74.7 Å². The zero-order chi connectivity index (χ0) is 19.7. The van der Waals surface area contributed by atoms with Crippen molar-refractivity contribution in [1.29, 1.82) is 0 Å². The molecule has 28 heavy (non-hydrogen) atoms. The molecule has 1 aliphatic heterocycles. The van der Waals surface area contributed by atoms with Crippen LogP contribution in [0.3, 0.4) is 0 Å². The maximum atomic E-state index is 5.57. The Labute approximate surface area is 171 Å². The molecule has 0 aliphatic carbocycles. The number of para-hydroxylation sites is 1. The fourth-order valence-corrected chi connectivity index (χ4v) is 4.38. The third kappa shape index (κ3) is 5.59. The van der Waals surface area contributed by atoms with E-state index in [0.717, 1.165) is 39.1 Å². The van der Waals surface area contributed by atoms with Crippen LogP contribution in [0.5, 0.6) is 0 Å². The summed E-state index contributed by atoms with van der Waals surface area (Å²) in [6.07, 6.45) is 7.13. The first-order valence-corrected chi connectivity index (χ1v) is 10.9. The van der Waals surface area contributed by atoms with Crippen molar-refractivity contribution in [2.75, 3.05) is 38.3 Å². The Bertz CT molecular complexity index is 697. The van der Waals surface area contributed by atoms with Gasteiger partial charge in [-0.3, -0.25) is 0 Å². The Morgan fingerprint density at radius 1 is 0.929 bits per heavy atom. The summed E-state index contributed by atoms with van der Waals surface area (Å²) in [4.78, 5) is 2.49. The number of unbranched alkanes of at least 4 members (excludes halogenated alkanes) is 2. The van der Waals surface area contributed by atoms with Crippen LogP contribution in [0.4, 0.5) is 5.69 Å². The Kier molecular flexibility index (Phi) is 7.93. The van der Waals surface area contributed by atoms with Crippen molar-refractivity contribution in [1.82, 2.24) is 5.32 Å². The van der Waals surface area contributed by atoms with Gasteiger partial charge in [-0.05, 0) is 43.5 Å². The number of rotatable bonds is 10. The van der Waals surface area contributed by atoms with Crippen LogP contribution in [0.2, 0.25) is 0 Å². The van der Waals surface area contributed by atoms with Gasteiger partial charge >= 0.3 is 0 Å². The van der Waals surface area contributed by atoms with E-state index >= 15 is 0 Å². The molecule has 1 saturated heterocycles. The zero-order valence-corrected chi connectivity index (χ0v) is 17.6. The smallest absolute Gasteiger partial charge is 0.0642 e. The number of ether oxygens (including phenoxy) is 1. The monoisotopic (exact) mass is 380 g/mol. The molecule has 0 aromatic heterocycles. The average molecular weight is 381 g/mol. The van der Waals surface area contributed by atoms with Crippen molar-refractivity contribution in [3.05, 3.63) is 65.7 Å². The molecule has 0 saturated carbocycles. The van der Waals surface area contributed by atoms with Crippen LogP contribution in [0, 0.1) is 0 Å². The second kappa shape index (κ2) is 10.6. The summed E-state index contributed by atoms with van der Waals surface area (Å²) in [6.45, 7) is 5.90. The summed E-state index contributed by atoms with van der Waals surface area (Å²) < 4.78 is 5.57. The van der Waals surface area contributed by atoms with E-state index in [9.17, 15) is 0 Å². The van der Waals surface area contributed by atoms with Crippen molar-refractivity contribution in [2.24, 2.45) is 0 Å². The number of benzene rings is 2. The average Bonchev–Trinajstić information content (AvgIpc) is 2.75. The molecule has 3 rings (SSSR count). The van der Waals surface area contributed by atoms with Gasteiger partial charge in [0.1, 0.15) is 0 Å². The predicted octanol–water partition coefficient (Wildman–Crippen LogP) is 4.85. The highest BCUT2D eigenvalue weighted by Crippen LogP contribution is 2.30. The molecule has 0 amide bonds. The number of likely N-dealkylation sites (N-methyl/N-ethyl adjacent to an activating group) is 1. The first-order chi connectivity index (χ1) is 13.8. The van der Waals surface area contributed by atoms with Gasteiger partial charge in [0.05, 0.1) is 13.2 Å². The van der Waals surface area contributed by atoms with Gasteiger partial charge in [0, 0.05) is 24.3 Å². The highest BCUT2D eigenvalue weighted by Gasteiger charge is 2.30. The predicted molar refractivity (Wildman–Crippen MR) is 119 cm³/mol. The zero-order valence-electron chi connectivity index (χ0n) is 17.6. The highest BCUT2D eigenvalue weighted by molar-refractivity contribution is 5.54. The van der Waals surface area contributed by atoms with E-state index < -0.39 is 0 Å². The van der Waals surface area contributed by atoms with Gasteiger partial charge in [-0.2, -0.15) is 0 Å². The molecule has 1 N–H and O–H groups in total. The summed E-state index contributed by atoms with van der Waals surface area (Å²) in [6, 6.07) is 19.9. The lowest BCUT2D eigenvalue weighted by molar-refractivity contribution is 0.122. The molecule has 3 heteroatoms. The summed E-state index contributed by atoms with van der Waals surface area (Å²) in [7, 11) is 2.15. The number of nitrogens with one attached hydrogen (secondary N) is 1. The molecule has 1 fully saturated rings. The Balaban J connectivity index is 1.86. The van der Waals surface area contributed by atoms with Crippen molar-refractivity contribution < 1.29 is 4.74 Å². The van der Waals surface area contributed by atoms with Gasteiger partial charge in [0.15, 0.2) is 0 Å². The normalized spacial score (nSPS) is 16.7. The summed E-state index contributed by atoms with van der Waals surface area (Å²) in [5.41, 5.74) is 4.33. The molecule has 1 heterocycles. The lowest BCUT2D eigenvalue weighted by Gasteiger charge is -2.37. The van der Waals surface area contributed by atoms with E-state index in [2.05, 4.69) is 78.8 Å². The van der Waals surface area contributed by atoms with E-state index in [0.29, 0.717) is 0 Å². The maximum Gasteiger partial charge on any atom is 0.0642 e. The number of anilines is 1. The quantitative estimate of drug-likeness (QED) is 0.597. The minimum Gasteiger partial charge on any atom is -0.378 e. The number of hydrogen-bond acceptors (Lipinski definition) is 3. The molecule has 2 aromatic rings. The minimum atomic E-state index is 0.0823. The molecular weight excluding hydrogens is 344 g/mol. The third-order valence-electron chi connectivity index (χ3n) is 6.05. The fraction of sp³-hybridized carbons (Fsp3) is 0.520. The molecule has 1 atom stereocenters. The van der Waals surface area contributed by atoms with E-state index in [1.807, 2.05) is 0 Å². The minimum absolute atomic E-state index is 0.0823. The number of nitrogens with zero attached hydrogens (tertiary/aromatic N) is 1. The van der Waals surface area contributed by atoms with Crippen LogP contribution in [-0.2, 0) is 17.6 Å². The van der Waals surface area contributed by atoms with Crippen molar-refractivity contribution in [3.63, 3.8) is 0 Å². The molecule has 0 radical (unpaired) electrons. The molecular formula is C25H36N2O. The van der Waals surface area contributed by atoms with Crippen molar-refractivity contribution in [3.8, 4) is 0 Å². The molecule has 152 valence electrons. The SMILES string of the molecule is CCCCCC(Cc1ccccc1)(Cc1ccccc1N1CCOCC1)NC. The number of morpholine rings is 1. The Morgan fingerprint density at radius 3 is 2.36 bits per heavy atom. The van der Waals surface area contributed by atoms with Gasteiger partial charge in [-0.25, -0.2) is 0 Å². The van der Waals surface area contributed by atoms with Crippen LogP contribution < -0.4 is 10.2 Å². The van der Waals surface area contributed by atoms with Gasteiger partial charge in [-0.15, -0.1) is 0 Å². The molecule has 3 nitrogen and oxygen atoms in total. The lowest BCUT2D eigenvalue weighted by Crippen LogP contribution is -2.47. The lowest BCUT2D eigenvalue weighted by atomic mass is 9.80.